The van der Waals surface area contributed by atoms with Crippen LogP contribution in [0.1, 0.15) is 23.5 Å². The molecule has 9 heteroatoms. The van der Waals surface area contributed by atoms with Crippen LogP contribution in [-0.4, -0.2) is 36.8 Å². The molecule has 0 bridgehead atoms. The Labute approximate surface area is 124 Å². The minimum atomic E-state index is -0.385. The van der Waals surface area contributed by atoms with Crippen molar-refractivity contribution in [2.75, 3.05) is 5.75 Å². The molecule has 1 amide bonds. The zero-order valence-corrected chi connectivity index (χ0v) is 12.0. The molecular formula is C12H14N6O2S. The summed E-state index contributed by atoms with van der Waals surface area (Å²) in [5.74, 6) is 0.640. The zero-order valence-electron chi connectivity index (χ0n) is 11.2. The summed E-state index contributed by atoms with van der Waals surface area (Å²) in [5, 5.41) is 9.10. The van der Waals surface area contributed by atoms with Gasteiger partial charge in [-0.1, -0.05) is 11.8 Å². The number of hydrogen-bond donors (Lipinski definition) is 3. The van der Waals surface area contributed by atoms with E-state index in [2.05, 4.69) is 30.5 Å². The SMILES string of the molecule is O=C(CSc1n[nH]c(=O)[nH]1)NCc1ncc2c(n1)CCC2. The van der Waals surface area contributed by atoms with Crippen LogP contribution in [0.5, 0.6) is 0 Å². The molecule has 21 heavy (non-hydrogen) atoms. The second-order valence-electron chi connectivity index (χ2n) is 4.66. The van der Waals surface area contributed by atoms with Gasteiger partial charge in [0.15, 0.2) is 5.16 Å². The number of rotatable bonds is 5. The fourth-order valence-electron chi connectivity index (χ4n) is 2.13. The Bertz CT molecular complexity index is 710. The minimum Gasteiger partial charge on any atom is -0.348 e. The van der Waals surface area contributed by atoms with Crippen LogP contribution in [0.2, 0.25) is 0 Å². The Kier molecular flexibility index (Phi) is 4.00. The third-order valence-corrected chi connectivity index (χ3v) is 4.00. The number of carbonyl (C=O) groups excluding carboxylic acids is 1. The van der Waals surface area contributed by atoms with Gasteiger partial charge in [0.05, 0.1) is 12.3 Å². The lowest BCUT2D eigenvalue weighted by atomic mass is 10.3. The zero-order chi connectivity index (χ0) is 14.7. The molecule has 0 unspecified atom stereocenters. The van der Waals surface area contributed by atoms with Crippen molar-refractivity contribution >= 4 is 17.7 Å². The first kappa shape index (κ1) is 13.8. The van der Waals surface area contributed by atoms with Crippen molar-refractivity contribution in [3.05, 3.63) is 33.8 Å². The first-order valence-corrected chi connectivity index (χ1v) is 7.57. The highest BCUT2D eigenvalue weighted by Gasteiger charge is 2.13. The van der Waals surface area contributed by atoms with E-state index in [1.54, 1.807) is 0 Å². The lowest BCUT2D eigenvalue weighted by Crippen LogP contribution is -2.25. The number of aryl methyl sites for hydroxylation is 2. The maximum absolute atomic E-state index is 11.7. The maximum atomic E-state index is 11.7. The van der Waals surface area contributed by atoms with Crippen LogP contribution < -0.4 is 11.0 Å². The molecular weight excluding hydrogens is 292 g/mol. The van der Waals surface area contributed by atoms with Gasteiger partial charge < -0.3 is 5.32 Å². The molecule has 0 fully saturated rings. The Morgan fingerprint density at radius 3 is 3.14 bits per heavy atom. The van der Waals surface area contributed by atoms with Gasteiger partial charge in [-0.3, -0.25) is 9.78 Å². The first-order chi connectivity index (χ1) is 10.2. The molecule has 0 saturated heterocycles. The van der Waals surface area contributed by atoms with Crippen molar-refractivity contribution in [2.45, 2.75) is 31.0 Å². The summed E-state index contributed by atoms with van der Waals surface area (Å²) < 4.78 is 0. The van der Waals surface area contributed by atoms with Crippen LogP contribution in [-0.2, 0) is 24.2 Å². The standard InChI is InChI=1S/C12H14N6O2S/c19-10(6-21-12-16-11(20)17-18-12)14-5-9-13-4-7-2-1-3-8(7)15-9/h4H,1-3,5-6H2,(H,14,19)(H2,16,17,18,20). The van der Waals surface area contributed by atoms with E-state index in [0.717, 1.165) is 36.7 Å². The molecule has 8 nitrogen and oxygen atoms in total. The molecule has 1 aliphatic rings. The predicted octanol–water partition coefficient (Wildman–Crippen LogP) is -0.215. The Hall–Kier alpha value is -2.16. The van der Waals surface area contributed by atoms with E-state index in [1.165, 1.54) is 5.56 Å². The number of amides is 1. The summed E-state index contributed by atoms with van der Waals surface area (Å²) in [4.78, 5) is 33.7. The number of fused-ring (bicyclic) bond motifs is 1. The van der Waals surface area contributed by atoms with Crippen LogP contribution in [0.25, 0.3) is 0 Å². The van der Waals surface area contributed by atoms with E-state index in [9.17, 15) is 9.59 Å². The van der Waals surface area contributed by atoms with Crippen LogP contribution >= 0.6 is 11.8 Å². The smallest absolute Gasteiger partial charge is 0.341 e. The molecule has 0 atom stereocenters. The van der Waals surface area contributed by atoms with Crippen molar-refractivity contribution in [1.29, 1.82) is 0 Å². The van der Waals surface area contributed by atoms with E-state index < -0.39 is 0 Å². The fraction of sp³-hybridized carbons (Fsp3) is 0.417. The molecule has 0 spiro atoms. The number of aromatic amines is 2. The summed E-state index contributed by atoms with van der Waals surface area (Å²) in [7, 11) is 0. The monoisotopic (exact) mass is 306 g/mol. The van der Waals surface area contributed by atoms with Crippen molar-refractivity contribution < 1.29 is 4.79 Å². The summed E-state index contributed by atoms with van der Waals surface area (Å²) in [6.45, 7) is 0.309. The third kappa shape index (κ3) is 3.48. The Balaban J connectivity index is 1.48. The van der Waals surface area contributed by atoms with Gasteiger partial charge >= 0.3 is 5.69 Å². The van der Waals surface area contributed by atoms with Crippen molar-refractivity contribution in [3.8, 4) is 0 Å². The summed E-state index contributed by atoms with van der Waals surface area (Å²) in [5.41, 5.74) is 1.92. The molecule has 3 rings (SSSR count). The average Bonchev–Trinajstić information content (AvgIpc) is 3.10. The van der Waals surface area contributed by atoms with Gasteiger partial charge in [0.25, 0.3) is 0 Å². The van der Waals surface area contributed by atoms with E-state index in [1.807, 2.05) is 6.20 Å². The largest absolute Gasteiger partial charge is 0.348 e. The highest BCUT2D eigenvalue weighted by molar-refractivity contribution is 7.99. The van der Waals surface area contributed by atoms with Crippen molar-refractivity contribution in [3.63, 3.8) is 0 Å². The van der Waals surface area contributed by atoms with Crippen LogP contribution in [0.3, 0.4) is 0 Å². The van der Waals surface area contributed by atoms with Gasteiger partial charge in [-0.15, -0.1) is 5.10 Å². The summed E-state index contributed by atoms with van der Waals surface area (Å²) >= 11 is 1.15. The van der Waals surface area contributed by atoms with Gasteiger partial charge in [-0.2, -0.15) is 0 Å². The lowest BCUT2D eigenvalue weighted by Gasteiger charge is -2.05. The maximum Gasteiger partial charge on any atom is 0.341 e. The quantitative estimate of drug-likeness (QED) is 0.658. The van der Waals surface area contributed by atoms with E-state index in [-0.39, 0.29) is 17.3 Å². The topological polar surface area (TPSA) is 116 Å². The predicted molar refractivity (Wildman–Crippen MR) is 75.8 cm³/mol. The molecule has 0 saturated carbocycles. The molecule has 0 aliphatic heterocycles. The Morgan fingerprint density at radius 2 is 2.33 bits per heavy atom. The molecule has 3 N–H and O–H groups in total. The average molecular weight is 306 g/mol. The van der Waals surface area contributed by atoms with Gasteiger partial charge in [0.2, 0.25) is 5.91 Å². The lowest BCUT2D eigenvalue weighted by molar-refractivity contribution is -0.118. The molecule has 2 aromatic heterocycles. The fourth-order valence-corrected chi connectivity index (χ4v) is 2.77. The van der Waals surface area contributed by atoms with Gasteiger partial charge in [0.1, 0.15) is 5.82 Å². The number of carbonyl (C=O) groups is 1. The number of nitrogens with zero attached hydrogens (tertiary/aromatic N) is 3. The van der Waals surface area contributed by atoms with Crippen molar-refractivity contribution in [1.82, 2.24) is 30.5 Å². The summed E-state index contributed by atoms with van der Waals surface area (Å²) in [6, 6.07) is 0. The third-order valence-electron chi connectivity index (χ3n) is 3.13. The van der Waals surface area contributed by atoms with Crippen LogP contribution in [0.15, 0.2) is 16.1 Å². The molecule has 2 heterocycles. The van der Waals surface area contributed by atoms with Crippen molar-refractivity contribution in [2.24, 2.45) is 0 Å². The number of hydrogen-bond acceptors (Lipinski definition) is 6. The van der Waals surface area contributed by atoms with Gasteiger partial charge in [0, 0.05) is 11.9 Å². The highest BCUT2D eigenvalue weighted by atomic mass is 32.2. The van der Waals surface area contributed by atoms with E-state index in [0.29, 0.717) is 17.5 Å². The number of nitrogens with one attached hydrogen (secondary N) is 3. The van der Waals surface area contributed by atoms with Crippen LogP contribution in [0.4, 0.5) is 0 Å². The van der Waals surface area contributed by atoms with Crippen LogP contribution in [0, 0.1) is 0 Å². The van der Waals surface area contributed by atoms with E-state index in [4.69, 9.17) is 0 Å². The molecule has 110 valence electrons. The highest BCUT2D eigenvalue weighted by Crippen LogP contribution is 2.18. The summed E-state index contributed by atoms with van der Waals surface area (Å²) in [6.07, 6.45) is 5.00. The molecule has 1 aliphatic carbocycles. The minimum absolute atomic E-state index is 0.159. The van der Waals surface area contributed by atoms with Gasteiger partial charge in [-0.25, -0.2) is 19.9 Å². The van der Waals surface area contributed by atoms with E-state index >= 15 is 0 Å². The second kappa shape index (κ2) is 6.08. The number of H-pyrrole nitrogens is 2. The molecule has 2 aromatic rings. The number of aromatic nitrogens is 5. The molecule has 0 aromatic carbocycles. The number of thioether (sulfide) groups is 1. The van der Waals surface area contributed by atoms with Gasteiger partial charge in [-0.05, 0) is 24.8 Å². The first-order valence-electron chi connectivity index (χ1n) is 6.58. The normalized spacial score (nSPS) is 13.1. The molecule has 0 radical (unpaired) electrons. The Morgan fingerprint density at radius 1 is 1.43 bits per heavy atom. The second-order valence-corrected chi connectivity index (χ2v) is 5.62.